The highest BCUT2D eigenvalue weighted by Crippen LogP contribution is 2.01. The molecule has 0 saturated carbocycles. The average molecular weight is 207 g/mol. The summed E-state index contributed by atoms with van der Waals surface area (Å²) in [6.07, 6.45) is -0.515. The summed E-state index contributed by atoms with van der Waals surface area (Å²) < 4.78 is 4.48. The van der Waals surface area contributed by atoms with Gasteiger partial charge in [0.2, 0.25) is 0 Å². The Bertz CT molecular complexity index is 348. The van der Waals surface area contributed by atoms with E-state index in [0.717, 1.165) is 0 Å². The maximum absolute atomic E-state index is 11.6. The lowest BCUT2D eigenvalue weighted by molar-refractivity contribution is 0.0909. The van der Waals surface area contributed by atoms with Gasteiger partial charge in [-0.2, -0.15) is 0 Å². The van der Waals surface area contributed by atoms with E-state index in [2.05, 4.69) is 4.74 Å². The first-order chi connectivity index (χ1) is 7.15. The van der Waals surface area contributed by atoms with Gasteiger partial charge < -0.3 is 9.64 Å². The smallest absolute Gasteiger partial charge is 0.409 e. The third kappa shape index (κ3) is 3.09. The summed E-state index contributed by atoms with van der Waals surface area (Å²) in [4.78, 5) is 23.9. The quantitative estimate of drug-likeness (QED) is 0.707. The topological polar surface area (TPSA) is 46.6 Å². The molecule has 0 aliphatic rings. The molecule has 0 atom stereocenters. The number of carbonyl (C=O) groups is 2. The van der Waals surface area contributed by atoms with Crippen molar-refractivity contribution in [3.05, 3.63) is 35.9 Å². The molecular weight excluding hydrogens is 194 g/mol. The molecule has 0 saturated heterocycles. The molecule has 0 spiro atoms. The van der Waals surface area contributed by atoms with E-state index in [1.165, 1.54) is 19.1 Å². The molecule has 80 valence electrons. The van der Waals surface area contributed by atoms with Crippen LogP contribution >= 0.6 is 0 Å². The molecule has 1 rings (SSSR count). The number of methoxy groups -OCH3 is 1. The molecule has 0 N–H and O–H groups in total. The third-order valence-electron chi connectivity index (χ3n) is 1.96. The van der Waals surface area contributed by atoms with Gasteiger partial charge in [0, 0.05) is 12.6 Å². The van der Waals surface area contributed by atoms with Crippen LogP contribution in [0.5, 0.6) is 0 Å². The van der Waals surface area contributed by atoms with Crippen molar-refractivity contribution in [3.8, 4) is 0 Å². The Hall–Kier alpha value is -1.84. The summed E-state index contributed by atoms with van der Waals surface area (Å²) in [6, 6.07) is 8.83. The second-order valence-corrected chi connectivity index (χ2v) is 3.12. The lowest BCUT2D eigenvalue weighted by atomic mass is 10.1. The Labute approximate surface area is 88.5 Å². The molecule has 4 heteroatoms. The summed E-state index contributed by atoms with van der Waals surface area (Å²) in [5.74, 6) is -0.108. The lowest BCUT2D eigenvalue weighted by Gasteiger charge is -2.14. The molecule has 0 heterocycles. The Kier molecular flexibility index (Phi) is 3.85. The number of ether oxygens (including phenoxy) is 1. The maximum atomic E-state index is 11.6. The van der Waals surface area contributed by atoms with Gasteiger partial charge >= 0.3 is 6.09 Å². The van der Waals surface area contributed by atoms with Gasteiger partial charge in [-0.25, -0.2) is 4.79 Å². The van der Waals surface area contributed by atoms with Crippen LogP contribution in [0.3, 0.4) is 0 Å². The van der Waals surface area contributed by atoms with Crippen LogP contribution in [-0.2, 0) is 4.74 Å². The fourth-order valence-electron chi connectivity index (χ4n) is 1.15. The van der Waals surface area contributed by atoms with Crippen LogP contribution in [0, 0.1) is 0 Å². The molecule has 0 aliphatic heterocycles. The van der Waals surface area contributed by atoms with Gasteiger partial charge in [-0.05, 0) is 0 Å². The van der Waals surface area contributed by atoms with E-state index in [1.807, 2.05) is 6.07 Å². The number of hydrogen-bond donors (Lipinski definition) is 0. The number of Topliss-reactive ketones (excluding diaryl/α,β-unsaturated/α-hetero) is 1. The fourth-order valence-corrected chi connectivity index (χ4v) is 1.15. The van der Waals surface area contributed by atoms with Gasteiger partial charge in [-0.15, -0.1) is 0 Å². The van der Waals surface area contributed by atoms with Crippen LogP contribution in [-0.4, -0.2) is 37.5 Å². The van der Waals surface area contributed by atoms with Gasteiger partial charge in [0.25, 0.3) is 0 Å². The Morgan fingerprint density at radius 2 is 1.87 bits per heavy atom. The summed E-state index contributed by atoms with van der Waals surface area (Å²) >= 11 is 0. The Morgan fingerprint density at radius 3 is 2.40 bits per heavy atom. The molecule has 15 heavy (non-hydrogen) atoms. The molecule has 1 amide bonds. The number of benzene rings is 1. The maximum Gasteiger partial charge on any atom is 0.409 e. The minimum atomic E-state index is -0.515. The summed E-state index contributed by atoms with van der Waals surface area (Å²) in [5, 5.41) is 0. The van der Waals surface area contributed by atoms with Crippen molar-refractivity contribution in [1.82, 2.24) is 4.90 Å². The lowest BCUT2D eigenvalue weighted by Crippen LogP contribution is -2.31. The Morgan fingerprint density at radius 1 is 1.27 bits per heavy atom. The molecule has 0 bridgehead atoms. The summed E-state index contributed by atoms with van der Waals surface area (Å²) in [6.45, 7) is 0.0245. The van der Waals surface area contributed by atoms with Crippen LogP contribution in [0.25, 0.3) is 0 Å². The highest BCUT2D eigenvalue weighted by atomic mass is 16.5. The normalized spacial score (nSPS) is 9.47. The predicted octanol–water partition coefficient (Wildman–Crippen LogP) is 1.57. The molecule has 1 aromatic carbocycles. The minimum absolute atomic E-state index is 0.0245. The molecule has 0 unspecified atom stereocenters. The zero-order valence-corrected chi connectivity index (χ0v) is 8.77. The molecule has 0 aliphatic carbocycles. The van der Waals surface area contributed by atoms with E-state index in [4.69, 9.17) is 0 Å². The minimum Gasteiger partial charge on any atom is -0.453 e. The van der Waals surface area contributed by atoms with Crippen LogP contribution < -0.4 is 0 Å². The first kappa shape index (κ1) is 11.2. The monoisotopic (exact) mass is 207 g/mol. The zero-order valence-electron chi connectivity index (χ0n) is 8.77. The number of hydrogen-bond acceptors (Lipinski definition) is 3. The average Bonchev–Trinajstić information content (AvgIpc) is 2.29. The first-order valence-electron chi connectivity index (χ1n) is 4.52. The van der Waals surface area contributed by atoms with Crippen molar-refractivity contribution >= 4 is 11.9 Å². The summed E-state index contributed by atoms with van der Waals surface area (Å²) in [7, 11) is 2.80. The third-order valence-corrected chi connectivity index (χ3v) is 1.96. The van der Waals surface area contributed by atoms with Crippen molar-refractivity contribution in [3.63, 3.8) is 0 Å². The highest BCUT2D eigenvalue weighted by Gasteiger charge is 2.13. The number of likely N-dealkylation sites (N-methyl/N-ethyl adjacent to an activating group) is 1. The van der Waals surface area contributed by atoms with Gasteiger partial charge in [0.05, 0.1) is 13.7 Å². The van der Waals surface area contributed by atoms with E-state index >= 15 is 0 Å². The zero-order chi connectivity index (χ0) is 11.3. The van der Waals surface area contributed by atoms with Crippen LogP contribution in [0.1, 0.15) is 10.4 Å². The van der Waals surface area contributed by atoms with E-state index in [1.54, 1.807) is 24.3 Å². The molecule has 1 aromatic rings. The first-order valence-corrected chi connectivity index (χ1v) is 4.52. The van der Waals surface area contributed by atoms with Gasteiger partial charge in [0.15, 0.2) is 5.78 Å². The highest BCUT2D eigenvalue weighted by molar-refractivity contribution is 5.98. The van der Waals surface area contributed by atoms with Crippen LogP contribution in [0.15, 0.2) is 30.3 Å². The predicted molar refractivity (Wildman–Crippen MR) is 55.8 cm³/mol. The molecule has 4 nitrogen and oxygen atoms in total. The van der Waals surface area contributed by atoms with Crippen LogP contribution in [0.2, 0.25) is 0 Å². The van der Waals surface area contributed by atoms with Crippen molar-refractivity contribution in [2.45, 2.75) is 0 Å². The molecule has 0 fully saturated rings. The SMILES string of the molecule is COC(=O)N(C)CC(=O)c1ccccc1. The van der Waals surface area contributed by atoms with Gasteiger partial charge in [0.1, 0.15) is 0 Å². The standard InChI is InChI=1S/C11H13NO3/c1-12(11(14)15-2)8-10(13)9-6-4-3-5-7-9/h3-7H,8H2,1-2H3. The number of rotatable bonds is 3. The van der Waals surface area contributed by atoms with Gasteiger partial charge in [-0.3, -0.25) is 4.79 Å². The van der Waals surface area contributed by atoms with E-state index in [0.29, 0.717) is 5.56 Å². The second kappa shape index (κ2) is 5.14. The molecule has 0 radical (unpaired) electrons. The summed E-state index contributed by atoms with van der Waals surface area (Å²) in [5.41, 5.74) is 0.591. The van der Waals surface area contributed by atoms with Crippen molar-refractivity contribution in [2.24, 2.45) is 0 Å². The number of amides is 1. The van der Waals surface area contributed by atoms with E-state index in [9.17, 15) is 9.59 Å². The Balaban J connectivity index is 2.61. The van der Waals surface area contributed by atoms with Crippen LogP contribution in [0.4, 0.5) is 4.79 Å². The number of carbonyl (C=O) groups excluding carboxylic acids is 2. The number of ketones is 1. The molecule has 0 aromatic heterocycles. The van der Waals surface area contributed by atoms with Crippen molar-refractivity contribution in [2.75, 3.05) is 20.7 Å². The largest absolute Gasteiger partial charge is 0.453 e. The second-order valence-electron chi connectivity index (χ2n) is 3.12. The fraction of sp³-hybridized carbons (Fsp3) is 0.273. The van der Waals surface area contributed by atoms with Gasteiger partial charge in [-0.1, -0.05) is 30.3 Å². The molecular formula is C11H13NO3. The van der Waals surface area contributed by atoms with Crippen molar-refractivity contribution in [1.29, 1.82) is 0 Å². The van der Waals surface area contributed by atoms with E-state index < -0.39 is 6.09 Å². The van der Waals surface area contributed by atoms with E-state index in [-0.39, 0.29) is 12.3 Å². The van der Waals surface area contributed by atoms with Crippen molar-refractivity contribution < 1.29 is 14.3 Å². The number of nitrogens with zero attached hydrogens (tertiary/aromatic N) is 1.